The first-order chi connectivity index (χ1) is 20.7. The zero-order valence-corrected chi connectivity index (χ0v) is 27.6. The Hall–Kier alpha value is -3.39. The summed E-state index contributed by atoms with van der Waals surface area (Å²) in [5, 5.41) is 11.4. The van der Waals surface area contributed by atoms with Crippen molar-refractivity contribution in [1.29, 1.82) is 0 Å². The van der Waals surface area contributed by atoms with Crippen molar-refractivity contribution in [2.75, 3.05) is 13.2 Å². The first-order valence-corrected chi connectivity index (χ1v) is 15.3. The molecule has 0 spiro atoms. The monoisotopic (exact) mass is 752 g/mol. The molecule has 0 unspecified atom stereocenters. The molecule has 43 heavy (non-hydrogen) atoms. The maximum absolute atomic E-state index is 12.7. The van der Waals surface area contributed by atoms with Crippen LogP contribution in [-0.4, -0.2) is 36.4 Å². The molecule has 0 saturated heterocycles. The minimum atomic E-state index is -0.622. The first-order valence-electron chi connectivity index (χ1n) is 13.0. The molecule has 0 radical (unpaired) electrons. The van der Waals surface area contributed by atoms with Crippen LogP contribution in [0.15, 0.2) is 77.0 Å². The Bertz CT molecular complexity index is 1600. The Labute approximate surface area is 278 Å². The lowest BCUT2D eigenvalue weighted by Gasteiger charge is -2.30. The number of rotatable bonds is 11. The Morgan fingerprint density at radius 3 is 2.60 bits per heavy atom. The zero-order valence-electron chi connectivity index (χ0n) is 23.1. The van der Waals surface area contributed by atoms with Crippen LogP contribution in [0.1, 0.15) is 36.6 Å². The molecule has 3 N–H and O–H groups in total. The van der Waals surface area contributed by atoms with Crippen LogP contribution >= 0.6 is 58.0 Å². The van der Waals surface area contributed by atoms with E-state index in [0.717, 1.165) is 14.7 Å². The van der Waals surface area contributed by atoms with Gasteiger partial charge in [-0.05, 0) is 96.2 Å². The van der Waals surface area contributed by atoms with Gasteiger partial charge in [-0.25, -0.2) is 10.2 Å². The van der Waals surface area contributed by atoms with Crippen molar-refractivity contribution in [3.05, 3.63) is 102 Å². The molecule has 1 aliphatic rings. The van der Waals surface area contributed by atoms with Crippen LogP contribution in [0.5, 0.6) is 11.5 Å². The van der Waals surface area contributed by atoms with Crippen LogP contribution in [0.25, 0.3) is 0 Å². The fourth-order valence-electron chi connectivity index (χ4n) is 4.12. The third-order valence-electron chi connectivity index (χ3n) is 6.09. The lowest BCUT2D eigenvalue weighted by Crippen LogP contribution is -2.45. The summed E-state index contributed by atoms with van der Waals surface area (Å²) in [5.41, 5.74) is 5.70. The van der Waals surface area contributed by atoms with Crippen molar-refractivity contribution in [2.45, 2.75) is 26.5 Å². The SMILES string of the molecule is CCOC(=O)C1=C(C)NC(=S)N[C@@H]1c1ccccc1OCC(=O)NN=Cc1ccc(OCc2ccc(Cl)c(Cl)c2)c(I)c1. The third kappa shape index (κ3) is 8.82. The molecule has 13 heteroatoms. The Morgan fingerprint density at radius 1 is 1.07 bits per heavy atom. The normalized spacial score (nSPS) is 14.6. The Kier molecular flexibility index (Phi) is 11.6. The van der Waals surface area contributed by atoms with Gasteiger partial charge in [0.2, 0.25) is 0 Å². The van der Waals surface area contributed by atoms with E-state index in [1.165, 1.54) is 6.21 Å². The lowest BCUT2D eigenvalue weighted by atomic mass is 9.95. The molecular formula is C30H27Cl2IN4O5S. The van der Waals surface area contributed by atoms with Gasteiger partial charge in [0, 0.05) is 11.3 Å². The maximum atomic E-state index is 12.7. The molecule has 0 aromatic heterocycles. The summed E-state index contributed by atoms with van der Waals surface area (Å²) in [6.45, 7) is 3.74. The smallest absolute Gasteiger partial charge is 0.338 e. The number of carbonyl (C=O) groups excluding carboxylic acids is 2. The molecule has 1 aliphatic heterocycles. The van der Waals surface area contributed by atoms with Crippen LogP contribution in [0.3, 0.4) is 0 Å². The molecule has 1 amide bonds. The first kappa shape index (κ1) is 32.5. The number of ether oxygens (including phenoxy) is 3. The molecule has 3 aromatic rings. The highest BCUT2D eigenvalue weighted by atomic mass is 127. The number of hydrogen-bond donors (Lipinski definition) is 3. The summed E-state index contributed by atoms with van der Waals surface area (Å²) >= 11 is 19.5. The number of carbonyl (C=O) groups is 2. The number of benzene rings is 3. The molecule has 4 rings (SSSR count). The molecule has 0 bridgehead atoms. The minimum Gasteiger partial charge on any atom is -0.488 e. The molecule has 1 heterocycles. The number of para-hydroxylation sites is 1. The van der Waals surface area contributed by atoms with Gasteiger partial charge in [0.1, 0.15) is 18.1 Å². The van der Waals surface area contributed by atoms with Gasteiger partial charge in [0.05, 0.1) is 38.1 Å². The third-order valence-corrected chi connectivity index (χ3v) is 7.89. The number of esters is 1. The summed E-state index contributed by atoms with van der Waals surface area (Å²) in [4.78, 5) is 25.2. The van der Waals surface area contributed by atoms with Gasteiger partial charge in [0.15, 0.2) is 11.7 Å². The second kappa shape index (κ2) is 15.4. The second-order valence-electron chi connectivity index (χ2n) is 9.14. The highest BCUT2D eigenvalue weighted by Gasteiger charge is 2.32. The van der Waals surface area contributed by atoms with E-state index in [2.05, 4.69) is 43.8 Å². The summed E-state index contributed by atoms with van der Waals surface area (Å²) in [5.74, 6) is 0.160. The number of nitrogens with zero attached hydrogens (tertiary/aromatic N) is 1. The quantitative estimate of drug-likeness (QED) is 0.0714. The van der Waals surface area contributed by atoms with Gasteiger partial charge in [-0.1, -0.05) is 47.5 Å². The maximum Gasteiger partial charge on any atom is 0.338 e. The van der Waals surface area contributed by atoms with E-state index >= 15 is 0 Å². The lowest BCUT2D eigenvalue weighted by molar-refractivity contribution is -0.139. The van der Waals surface area contributed by atoms with Crippen LogP contribution in [0, 0.1) is 3.57 Å². The van der Waals surface area contributed by atoms with Crippen molar-refractivity contribution in [3.8, 4) is 11.5 Å². The van der Waals surface area contributed by atoms with E-state index in [-0.39, 0.29) is 13.2 Å². The highest BCUT2D eigenvalue weighted by Crippen LogP contribution is 2.33. The van der Waals surface area contributed by atoms with Crippen LogP contribution in [0.2, 0.25) is 10.0 Å². The number of allylic oxidation sites excluding steroid dienone is 1. The minimum absolute atomic E-state index is 0.225. The van der Waals surface area contributed by atoms with Crippen LogP contribution in [0.4, 0.5) is 0 Å². The van der Waals surface area contributed by atoms with Crippen molar-refractivity contribution in [3.63, 3.8) is 0 Å². The average molecular weight is 753 g/mol. The predicted octanol–water partition coefficient (Wildman–Crippen LogP) is 6.06. The molecule has 1 atom stereocenters. The molecule has 0 fully saturated rings. The molecule has 224 valence electrons. The van der Waals surface area contributed by atoms with Crippen molar-refractivity contribution >= 4 is 81.2 Å². The van der Waals surface area contributed by atoms with Gasteiger partial charge in [0.25, 0.3) is 5.91 Å². The number of halogens is 3. The molecule has 0 aliphatic carbocycles. The second-order valence-corrected chi connectivity index (χ2v) is 11.5. The Balaban J connectivity index is 1.35. The fourth-order valence-corrected chi connectivity index (χ4v) is 5.40. The summed E-state index contributed by atoms with van der Waals surface area (Å²) in [6.07, 6.45) is 1.52. The van der Waals surface area contributed by atoms with E-state index in [1.807, 2.05) is 30.3 Å². The number of thiocarbonyl (C=S) groups is 1. The summed E-state index contributed by atoms with van der Waals surface area (Å²) < 4.78 is 17.8. The fraction of sp³-hybridized carbons (Fsp3) is 0.200. The van der Waals surface area contributed by atoms with E-state index in [9.17, 15) is 9.59 Å². The van der Waals surface area contributed by atoms with Gasteiger partial charge in [-0.2, -0.15) is 5.10 Å². The van der Waals surface area contributed by atoms with Gasteiger partial charge >= 0.3 is 5.97 Å². The topological polar surface area (TPSA) is 110 Å². The van der Waals surface area contributed by atoms with Gasteiger partial charge < -0.3 is 24.8 Å². The zero-order chi connectivity index (χ0) is 30.9. The number of hydrogen-bond acceptors (Lipinski definition) is 7. The largest absolute Gasteiger partial charge is 0.488 e. The van der Waals surface area contributed by atoms with E-state index in [4.69, 9.17) is 49.6 Å². The number of nitrogens with one attached hydrogen (secondary N) is 3. The van der Waals surface area contributed by atoms with Crippen molar-refractivity contribution in [1.82, 2.24) is 16.1 Å². The van der Waals surface area contributed by atoms with Crippen molar-refractivity contribution in [2.24, 2.45) is 5.10 Å². The molecule has 0 saturated carbocycles. The van der Waals surface area contributed by atoms with Crippen molar-refractivity contribution < 1.29 is 23.8 Å². The average Bonchev–Trinajstić information content (AvgIpc) is 2.97. The standard InChI is InChI=1S/C30H27Cl2IN4O5S/c1-3-40-29(39)27-17(2)35-30(43)36-28(27)20-6-4-5-7-24(20)42-16-26(38)37-34-14-18-9-11-25(23(33)13-18)41-15-19-8-10-21(31)22(32)12-19/h4-14,28H,3,15-16H2,1-2H3,(H,37,38)(H2,35,36,43)/t28-/m1/s1. The Morgan fingerprint density at radius 2 is 1.86 bits per heavy atom. The van der Waals surface area contributed by atoms with Crippen LogP contribution in [-0.2, 0) is 20.9 Å². The molecule has 3 aromatic carbocycles. The summed E-state index contributed by atoms with van der Waals surface area (Å²) in [7, 11) is 0. The van der Waals surface area contributed by atoms with Gasteiger partial charge in [-0.3, -0.25) is 4.79 Å². The van der Waals surface area contributed by atoms with E-state index in [0.29, 0.717) is 50.1 Å². The molecule has 9 nitrogen and oxygen atoms in total. The van der Waals surface area contributed by atoms with E-state index in [1.54, 1.807) is 44.2 Å². The molecular weight excluding hydrogens is 726 g/mol. The summed E-state index contributed by atoms with van der Waals surface area (Å²) in [6, 6.07) is 17.3. The predicted molar refractivity (Wildman–Crippen MR) is 179 cm³/mol. The van der Waals surface area contributed by atoms with Gasteiger partial charge in [-0.15, -0.1) is 0 Å². The number of amides is 1. The van der Waals surface area contributed by atoms with Crippen LogP contribution < -0.4 is 25.5 Å². The number of hydrazone groups is 1. The highest BCUT2D eigenvalue weighted by molar-refractivity contribution is 14.1. The van der Waals surface area contributed by atoms with E-state index < -0.39 is 17.9 Å².